The number of ketones is 1. The number of carboxylic acid groups (broad SMARTS) is 1. The summed E-state index contributed by atoms with van der Waals surface area (Å²) in [5.74, 6) is -2.66. The standard InChI is InChI=1S/C27H44N2O6S.C16H36N/c1-15(24(33)17(3)25(34)26(5,6)21(30)13-23(31)32)9-8-10-27(7)22(35-27)12-20(28)16(2)11-19-14-36-18(4)29-19;1-5-9-13-17(14-10-6-2,15-11-7-3)16-12-8-4/h11,14-15,17,20-22,24,30,33H,8-10,12-13,28H2,1-7H3,(H,31,32);5-16H2,1-4H3/q;+1/p-1/b16-11+;/t15-,17+,20-,21-,22-,24-,27+;/m0./s1. The van der Waals surface area contributed by atoms with Gasteiger partial charge in [-0.1, -0.05) is 93.1 Å². The highest BCUT2D eigenvalue weighted by Crippen LogP contribution is 2.44. The predicted octanol–water partition coefficient (Wildman–Crippen LogP) is 7.63. The summed E-state index contributed by atoms with van der Waals surface area (Å²) in [6.45, 7) is 27.6. The first-order valence-corrected chi connectivity index (χ1v) is 21.7. The largest absolute Gasteiger partial charge is 0.550 e. The van der Waals surface area contributed by atoms with Crippen molar-refractivity contribution in [3.8, 4) is 0 Å². The second-order valence-electron chi connectivity index (χ2n) is 16.9. The average Bonchev–Trinajstić information content (AvgIpc) is 3.55. The van der Waals surface area contributed by atoms with Crippen molar-refractivity contribution in [3.05, 3.63) is 21.7 Å². The first-order chi connectivity index (χ1) is 24.8. The van der Waals surface area contributed by atoms with E-state index in [-0.39, 0.29) is 29.4 Å². The van der Waals surface area contributed by atoms with E-state index in [4.69, 9.17) is 10.5 Å². The fraction of sp³-hybridized carbons (Fsp3) is 0.837. The smallest absolute Gasteiger partial charge is 0.146 e. The highest BCUT2D eigenvalue weighted by atomic mass is 32.1. The Morgan fingerprint density at radius 3 is 1.96 bits per heavy atom. The van der Waals surface area contributed by atoms with Crippen molar-refractivity contribution < 1.29 is 34.1 Å². The molecular formula is C43H79N3O6S. The number of aliphatic hydroxyl groups is 2. The Hall–Kier alpha value is -1.69. The van der Waals surface area contributed by atoms with Crippen molar-refractivity contribution in [1.82, 2.24) is 4.98 Å². The molecule has 2 rings (SSSR count). The van der Waals surface area contributed by atoms with Gasteiger partial charge in [-0.3, -0.25) is 4.79 Å². The summed E-state index contributed by atoms with van der Waals surface area (Å²) in [5, 5.41) is 34.8. The third-order valence-corrected chi connectivity index (χ3v) is 12.5. The number of nitrogens with zero attached hydrogens (tertiary/aromatic N) is 2. The highest BCUT2D eigenvalue weighted by molar-refractivity contribution is 7.09. The van der Waals surface area contributed by atoms with E-state index in [1.807, 2.05) is 32.2 Å². The number of nitrogens with two attached hydrogens (primary N) is 1. The molecule has 53 heavy (non-hydrogen) atoms. The summed E-state index contributed by atoms with van der Waals surface area (Å²) in [6.07, 6.45) is 13.4. The minimum atomic E-state index is -1.42. The van der Waals surface area contributed by atoms with Gasteiger partial charge in [0.25, 0.3) is 0 Å². The lowest BCUT2D eigenvalue weighted by atomic mass is 9.73. The van der Waals surface area contributed by atoms with Crippen LogP contribution in [0.4, 0.5) is 0 Å². The van der Waals surface area contributed by atoms with E-state index in [1.54, 1.807) is 18.3 Å². The topological polar surface area (TPSA) is 149 Å². The van der Waals surface area contributed by atoms with Crippen LogP contribution in [0.25, 0.3) is 6.08 Å². The third-order valence-electron chi connectivity index (χ3n) is 11.7. The number of carbonyl (C=O) groups is 2. The molecule has 0 bridgehead atoms. The van der Waals surface area contributed by atoms with Crippen LogP contribution in [0.2, 0.25) is 0 Å². The minimum absolute atomic E-state index is 0.0831. The molecule has 7 atom stereocenters. The molecule has 1 saturated heterocycles. The van der Waals surface area contributed by atoms with E-state index in [1.165, 1.54) is 95.9 Å². The van der Waals surface area contributed by atoms with Crippen molar-refractivity contribution >= 4 is 29.2 Å². The van der Waals surface area contributed by atoms with E-state index < -0.39 is 35.9 Å². The zero-order valence-corrected chi connectivity index (χ0v) is 36.4. The van der Waals surface area contributed by atoms with Gasteiger partial charge in [-0.15, -0.1) is 11.3 Å². The van der Waals surface area contributed by atoms with Gasteiger partial charge in [0, 0.05) is 35.1 Å². The Morgan fingerprint density at radius 1 is 1.02 bits per heavy atom. The molecule has 0 radical (unpaired) electrons. The maximum atomic E-state index is 12.9. The van der Waals surface area contributed by atoms with E-state index in [0.29, 0.717) is 6.42 Å². The van der Waals surface area contributed by atoms with Crippen LogP contribution >= 0.6 is 11.3 Å². The van der Waals surface area contributed by atoms with Gasteiger partial charge in [0.1, 0.15) is 5.78 Å². The van der Waals surface area contributed by atoms with Gasteiger partial charge in [0.05, 0.1) is 60.8 Å². The molecule has 0 unspecified atom stereocenters. The second kappa shape index (κ2) is 24.1. The van der Waals surface area contributed by atoms with Crippen molar-refractivity contribution in [2.75, 3.05) is 26.2 Å². The number of epoxide rings is 1. The summed E-state index contributed by atoms with van der Waals surface area (Å²) >= 11 is 1.61. The monoisotopic (exact) mass is 766 g/mol. The summed E-state index contributed by atoms with van der Waals surface area (Å²) < 4.78 is 7.41. The van der Waals surface area contributed by atoms with E-state index in [9.17, 15) is 24.9 Å². The van der Waals surface area contributed by atoms with Gasteiger partial charge in [0.15, 0.2) is 0 Å². The molecule has 1 fully saturated rings. The van der Waals surface area contributed by atoms with Crippen LogP contribution in [0.5, 0.6) is 0 Å². The number of thiazole rings is 1. The number of aliphatic carboxylic acids is 1. The molecule has 0 amide bonds. The predicted molar refractivity (Wildman–Crippen MR) is 218 cm³/mol. The number of aliphatic hydroxyl groups excluding tert-OH is 2. The van der Waals surface area contributed by atoms with Crippen molar-refractivity contribution in [2.45, 2.75) is 190 Å². The number of hydrogen-bond donors (Lipinski definition) is 3. The van der Waals surface area contributed by atoms with Crippen molar-refractivity contribution in [1.29, 1.82) is 0 Å². The number of ether oxygens (including phenoxy) is 1. The number of unbranched alkanes of at least 4 members (excludes halogenated alkanes) is 4. The zero-order chi connectivity index (χ0) is 40.4. The van der Waals surface area contributed by atoms with Gasteiger partial charge in [0.2, 0.25) is 0 Å². The number of aromatic nitrogens is 1. The first kappa shape index (κ1) is 49.3. The normalized spacial score (nSPS) is 20.6. The van der Waals surface area contributed by atoms with Gasteiger partial charge in [-0.25, -0.2) is 4.98 Å². The minimum Gasteiger partial charge on any atom is -0.550 e. The van der Waals surface area contributed by atoms with Gasteiger partial charge < -0.3 is 35.1 Å². The fourth-order valence-electron chi connectivity index (χ4n) is 7.41. The summed E-state index contributed by atoms with van der Waals surface area (Å²) in [4.78, 5) is 28.2. The van der Waals surface area contributed by atoms with Crippen LogP contribution in [0.1, 0.15) is 163 Å². The first-order valence-electron chi connectivity index (χ1n) is 20.8. The van der Waals surface area contributed by atoms with Gasteiger partial charge in [-0.05, 0) is 77.7 Å². The molecule has 4 N–H and O–H groups in total. The Kier molecular flexibility index (Phi) is 22.4. The average molecular weight is 766 g/mol. The number of carbonyl (C=O) groups excluding carboxylic acids is 2. The molecule has 10 heteroatoms. The molecule has 1 aromatic heterocycles. The number of carboxylic acids is 1. The number of quaternary nitrogens is 1. The van der Waals surface area contributed by atoms with E-state index >= 15 is 0 Å². The molecule has 0 aromatic carbocycles. The van der Waals surface area contributed by atoms with Gasteiger partial charge in [-0.2, -0.15) is 0 Å². The lowest BCUT2D eigenvalue weighted by Crippen LogP contribution is -2.50. The van der Waals surface area contributed by atoms with E-state index in [2.05, 4.69) is 39.6 Å². The van der Waals surface area contributed by atoms with E-state index in [0.717, 1.165) is 35.5 Å². The molecule has 1 aliphatic heterocycles. The molecule has 9 nitrogen and oxygen atoms in total. The summed E-state index contributed by atoms with van der Waals surface area (Å²) in [7, 11) is 0. The Morgan fingerprint density at radius 2 is 1.53 bits per heavy atom. The van der Waals surface area contributed by atoms with Gasteiger partial charge >= 0.3 is 0 Å². The van der Waals surface area contributed by atoms with Crippen LogP contribution in [0.15, 0.2) is 11.0 Å². The molecule has 0 aliphatic carbocycles. The zero-order valence-electron chi connectivity index (χ0n) is 35.5. The molecule has 2 heterocycles. The quantitative estimate of drug-likeness (QED) is 0.0612. The Labute approximate surface area is 327 Å². The van der Waals surface area contributed by atoms with Crippen LogP contribution in [-0.2, 0) is 14.3 Å². The lowest BCUT2D eigenvalue weighted by Gasteiger charge is -2.39. The molecule has 0 saturated carbocycles. The molecule has 308 valence electrons. The van der Waals surface area contributed by atoms with Crippen LogP contribution in [0.3, 0.4) is 0 Å². The van der Waals surface area contributed by atoms with Crippen molar-refractivity contribution in [3.63, 3.8) is 0 Å². The number of Topliss-reactive ketones (excluding diaryl/α,β-unsaturated/α-hetero) is 1. The molecule has 0 spiro atoms. The second-order valence-corrected chi connectivity index (χ2v) is 18.0. The summed E-state index contributed by atoms with van der Waals surface area (Å²) in [5.41, 5.74) is 6.87. The van der Waals surface area contributed by atoms with Crippen LogP contribution in [-0.4, -0.2) is 87.6 Å². The molecule has 1 aromatic rings. The molecular weight excluding hydrogens is 687 g/mol. The van der Waals surface area contributed by atoms with Crippen molar-refractivity contribution in [2.24, 2.45) is 23.0 Å². The maximum absolute atomic E-state index is 12.9. The lowest BCUT2D eigenvalue weighted by molar-refractivity contribution is -0.929. The maximum Gasteiger partial charge on any atom is 0.146 e. The third kappa shape index (κ3) is 16.9. The highest BCUT2D eigenvalue weighted by Gasteiger charge is 2.51. The fourth-order valence-corrected chi connectivity index (χ4v) is 7.98. The number of aryl methyl sites for hydroxylation is 1. The van der Waals surface area contributed by atoms with Crippen LogP contribution in [0, 0.1) is 24.2 Å². The Balaban J connectivity index is 0.000000695. The summed E-state index contributed by atoms with van der Waals surface area (Å²) in [6, 6.07) is -0.109. The molecule has 1 aliphatic rings. The number of hydrogen-bond acceptors (Lipinski definition) is 9. The van der Waals surface area contributed by atoms with Crippen LogP contribution < -0.4 is 10.8 Å². The number of rotatable bonds is 27. The Bertz CT molecular complexity index is 1200. The SMILES string of the molecule is C/C(=C\c1csc(C)n1)[C@@H](N)C[C@@H]1O[C@]1(C)CCC[C@H](C)[C@H](O)[C@@H](C)C(=O)C(C)(C)[C@@H](O)CC(=O)[O-].CCCC[N+](CCCC)(CCCC)CCCC.